The van der Waals surface area contributed by atoms with E-state index in [1.165, 1.54) is 0 Å². The number of hydrogen-bond acceptors (Lipinski definition) is 4. The number of carbonyl (C=O) groups is 2. The lowest BCUT2D eigenvalue weighted by atomic mass is 9.95. The molecule has 7 heteroatoms. The van der Waals surface area contributed by atoms with Crippen molar-refractivity contribution in [3.63, 3.8) is 0 Å². The number of nitrogens with zero attached hydrogens (tertiary/aromatic N) is 4. The molecule has 2 aromatic rings. The van der Waals surface area contributed by atoms with E-state index in [9.17, 15) is 9.59 Å². The number of carbonyl (C=O) groups excluding carboxylic acids is 2. The molecule has 1 aromatic heterocycles. The van der Waals surface area contributed by atoms with Crippen molar-refractivity contribution in [1.82, 2.24) is 19.6 Å². The Hall–Kier alpha value is -2.67. The van der Waals surface area contributed by atoms with E-state index < -0.39 is 0 Å². The topological polar surface area (TPSA) is 67.7 Å². The van der Waals surface area contributed by atoms with Crippen molar-refractivity contribution in [3.05, 3.63) is 48.3 Å². The van der Waals surface area contributed by atoms with E-state index in [0.717, 1.165) is 18.5 Å². The molecule has 0 radical (unpaired) electrons. The lowest BCUT2D eigenvalue weighted by Gasteiger charge is -2.36. The summed E-state index contributed by atoms with van der Waals surface area (Å²) in [6.45, 7) is 3.70. The van der Waals surface area contributed by atoms with Crippen molar-refractivity contribution in [2.24, 2.45) is 5.92 Å². The van der Waals surface area contributed by atoms with Gasteiger partial charge in [0, 0.05) is 44.1 Å². The van der Waals surface area contributed by atoms with E-state index in [1.807, 2.05) is 46.3 Å². The van der Waals surface area contributed by atoms with E-state index in [-0.39, 0.29) is 17.7 Å². The fourth-order valence-electron chi connectivity index (χ4n) is 3.77. The average molecular weight is 368 g/mol. The van der Waals surface area contributed by atoms with Crippen LogP contribution in [0.4, 0.5) is 0 Å². The minimum absolute atomic E-state index is 0.0125. The highest BCUT2D eigenvalue weighted by atomic mass is 16.5. The normalized spacial score (nSPS) is 20.5. The number of aromatic nitrogens is 2. The Morgan fingerprint density at radius 2 is 1.81 bits per heavy atom. The van der Waals surface area contributed by atoms with Crippen molar-refractivity contribution in [2.75, 3.05) is 39.4 Å². The van der Waals surface area contributed by atoms with Crippen LogP contribution in [0, 0.1) is 5.92 Å². The van der Waals surface area contributed by atoms with Crippen molar-refractivity contribution < 1.29 is 14.3 Å². The summed E-state index contributed by atoms with van der Waals surface area (Å²) in [6, 6.07) is 9.29. The Bertz CT molecular complexity index is 782. The Morgan fingerprint density at radius 3 is 2.52 bits per heavy atom. The molecule has 0 N–H and O–H groups in total. The van der Waals surface area contributed by atoms with Gasteiger partial charge >= 0.3 is 0 Å². The molecule has 2 aliphatic heterocycles. The number of rotatable bonds is 3. The molecule has 2 saturated heterocycles. The third-order valence-corrected chi connectivity index (χ3v) is 5.26. The zero-order valence-corrected chi connectivity index (χ0v) is 15.3. The predicted octanol–water partition coefficient (Wildman–Crippen LogP) is 1.58. The van der Waals surface area contributed by atoms with Gasteiger partial charge in [0.25, 0.3) is 5.91 Å². The second-order valence-corrected chi connectivity index (χ2v) is 7.03. The van der Waals surface area contributed by atoms with Gasteiger partial charge in [-0.3, -0.25) is 9.59 Å². The van der Waals surface area contributed by atoms with Gasteiger partial charge in [-0.2, -0.15) is 5.10 Å². The fourth-order valence-corrected chi connectivity index (χ4v) is 3.77. The molecular formula is C20H24N4O3. The zero-order chi connectivity index (χ0) is 18.6. The van der Waals surface area contributed by atoms with Crippen LogP contribution in [-0.4, -0.2) is 70.8 Å². The maximum atomic E-state index is 12.9. The lowest BCUT2D eigenvalue weighted by molar-refractivity contribution is -0.141. The molecule has 0 bridgehead atoms. The maximum Gasteiger partial charge on any atom is 0.253 e. The monoisotopic (exact) mass is 368 g/mol. The third kappa shape index (κ3) is 3.88. The Morgan fingerprint density at radius 1 is 1.04 bits per heavy atom. The van der Waals surface area contributed by atoms with Crippen LogP contribution in [0.5, 0.6) is 0 Å². The first kappa shape index (κ1) is 17.7. The molecule has 0 aliphatic carbocycles. The summed E-state index contributed by atoms with van der Waals surface area (Å²) in [4.78, 5) is 29.3. The van der Waals surface area contributed by atoms with Crippen LogP contribution in [0.3, 0.4) is 0 Å². The number of hydrogen-bond donors (Lipinski definition) is 0. The number of likely N-dealkylation sites (tertiary alicyclic amines) is 1. The van der Waals surface area contributed by atoms with Crippen LogP contribution in [0.25, 0.3) is 5.69 Å². The largest absolute Gasteiger partial charge is 0.378 e. The Labute approximate surface area is 158 Å². The first-order valence-electron chi connectivity index (χ1n) is 9.48. The zero-order valence-electron chi connectivity index (χ0n) is 15.3. The van der Waals surface area contributed by atoms with Gasteiger partial charge in [0.05, 0.1) is 24.8 Å². The molecule has 4 rings (SSSR count). The Balaban J connectivity index is 1.41. The molecule has 1 aromatic carbocycles. The van der Waals surface area contributed by atoms with Gasteiger partial charge < -0.3 is 14.5 Å². The first-order chi connectivity index (χ1) is 13.2. The molecule has 142 valence electrons. The summed E-state index contributed by atoms with van der Waals surface area (Å²) in [5, 5.41) is 4.19. The van der Waals surface area contributed by atoms with Gasteiger partial charge in [-0.1, -0.05) is 0 Å². The minimum Gasteiger partial charge on any atom is -0.378 e. The number of morpholine rings is 1. The fraction of sp³-hybridized carbons (Fsp3) is 0.450. The highest BCUT2D eigenvalue weighted by Crippen LogP contribution is 2.21. The number of piperidine rings is 1. The molecule has 27 heavy (non-hydrogen) atoms. The quantitative estimate of drug-likeness (QED) is 0.825. The minimum atomic E-state index is -0.107. The van der Waals surface area contributed by atoms with Gasteiger partial charge in [-0.15, -0.1) is 0 Å². The SMILES string of the molecule is O=C(c1ccc(-n2cccn2)cc1)N1CCCC(C(=O)N2CCOCC2)C1. The summed E-state index contributed by atoms with van der Waals surface area (Å²) < 4.78 is 7.08. The first-order valence-corrected chi connectivity index (χ1v) is 9.48. The Kier molecular flexibility index (Phi) is 5.20. The molecular weight excluding hydrogens is 344 g/mol. The molecule has 2 amide bonds. The molecule has 0 spiro atoms. The van der Waals surface area contributed by atoms with Gasteiger partial charge in [-0.05, 0) is 43.2 Å². The van der Waals surface area contributed by atoms with Crippen LogP contribution >= 0.6 is 0 Å². The summed E-state index contributed by atoms with van der Waals surface area (Å²) >= 11 is 0. The van der Waals surface area contributed by atoms with Crippen molar-refractivity contribution in [3.8, 4) is 5.69 Å². The maximum absolute atomic E-state index is 12.9. The molecule has 3 heterocycles. The van der Waals surface area contributed by atoms with Crippen LogP contribution in [-0.2, 0) is 9.53 Å². The van der Waals surface area contributed by atoms with Crippen LogP contribution < -0.4 is 0 Å². The third-order valence-electron chi connectivity index (χ3n) is 5.26. The lowest BCUT2D eigenvalue weighted by Crippen LogP contribution is -2.49. The van der Waals surface area contributed by atoms with Crippen molar-refractivity contribution in [2.45, 2.75) is 12.8 Å². The van der Waals surface area contributed by atoms with E-state index >= 15 is 0 Å². The second kappa shape index (κ2) is 7.92. The average Bonchev–Trinajstić information content (AvgIpc) is 3.28. The summed E-state index contributed by atoms with van der Waals surface area (Å²) in [7, 11) is 0. The number of amides is 2. The molecule has 7 nitrogen and oxygen atoms in total. The van der Waals surface area contributed by atoms with Crippen LogP contribution in [0.2, 0.25) is 0 Å². The van der Waals surface area contributed by atoms with E-state index in [2.05, 4.69) is 5.10 Å². The summed E-state index contributed by atoms with van der Waals surface area (Å²) in [5.74, 6) is 0.0375. The standard InChI is InChI=1S/C20H24N4O3/c25-19(16-4-6-18(7-5-16)24-10-2-8-21-24)23-9-1-3-17(15-23)20(26)22-11-13-27-14-12-22/h2,4-8,10,17H,1,3,9,11-15H2. The molecule has 1 unspecified atom stereocenters. The number of ether oxygens (including phenoxy) is 1. The number of benzene rings is 1. The van der Waals surface area contributed by atoms with Crippen LogP contribution in [0.1, 0.15) is 23.2 Å². The summed E-state index contributed by atoms with van der Waals surface area (Å²) in [5.41, 5.74) is 1.56. The smallest absolute Gasteiger partial charge is 0.253 e. The van der Waals surface area contributed by atoms with Gasteiger partial charge in [0.2, 0.25) is 5.91 Å². The van der Waals surface area contributed by atoms with E-state index in [1.54, 1.807) is 10.9 Å². The molecule has 2 fully saturated rings. The van der Waals surface area contributed by atoms with E-state index in [0.29, 0.717) is 45.0 Å². The van der Waals surface area contributed by atoms with Gasteiger partial charge in [0.15, 0.2) is 0 Å². The van der Waals surface area contributed by atoms with Crippen molar-refractivity contribution in [1.29, 1.82) is 0 Å². The molecule has 1 atom stereocenters. The van der Waals surface area contributed by atoms with Gasteiger partial charge in [-0.25, -0.2) is 4.68 Å². The van der Waals surface area contributed by atoms with Crippen LogP contribution in [0.15, 0.2) is 42.7 Å². The highest BCUT2D eigenvalue weighted by molar-refractivity contribution is 5.95. The highest BCUT2D eigenvalue weighted by Gasteiger charge is 2.32. The second-order valence-electron chi connectivity index (χ2n) is 7.03. The van der Waals surface area contributed by atoms with Gasteiger partial charge in [0.1, 0.15) is 0 Å². The van der Waals surface area contributed by atoms with E-state index in [4.69, 9.17) is 4.74 Å². The predicted molar refractivity (Wildman–Crippen MR) is 99.6 cm³/mol. The molecule has 2 aliphatic rings. The molecule has 0 saturated carbocycles. The summed E-state index contributed by atoms with van der Waals surface area (Å²) in [6.07, 6.45) is 5.29. The van der Waals surface area contributed by atoms with Crippen molar-refractivity contribution >= 4 is 11.8 Å².